The molecule has 0 saturated carbocycles. The SMILES string of the molecule is c1ccc2[nH]c(-c3n[nH]c4ccc(-c5cncc(OCCN6CCCC6)c5)nc34)nc2c1. The molecule has 1 aliphatic heterocycles. The van der Waals surface area contributed by atoms with Gasteiger partial charge in [0, 0.05) is 18.3 Å². The van der Waals surface area contributed by atoms with Crippen molar-refractivity contribution >= 4 is 22.1 Å². The van der Waals surface area contributed by atoms with E-state index in [0.717, 1.165) is 45.6 Å². The number of pyridine rings is 2. The number of nitrogens with one attached hydrogen (secondary N) is 2. The summed E-state index contributed by atoms with van der Waals surface area (Å²) in [6.07, 6.45) is 6.14. The van der Waals surface area contributed by atoms with Gasteiger partial charge in [0.1, 0.15) is 17.9 Å². The Morgan fingerprint density at radius 3 is 2.78 bits per heavy atom. The standard InChI is InChI=1S/C24H23N7O/c1-2-6-20-19(5-1)27-24(28-20)23-22-21(29-30-23)8-7-18(26-22)16-13-17(15-25-14-16)32-12-11-31-9-3-4-10-31/h1-2,5-8,13-15H,3-4,9-12H2,(H,27,28)(H,29,30). The number of nitrogens with zero attached hydrogens (tertiary/aromatic N) is 5. The van der Waals surface area contributed by atoms with Gasteiger partial charge in [-0.25, -0.2) is 9.97 Å². The van der Waals surface area contributed by atoms with Crippen molar-refractivity contribution < 1.29 is 4.74 Å². The maximum atomic E-state index is 5.96. The number of rotatable bonds is 6. The largest absolute Gasteiger partial charge is 0.491 e. The van der Waals surface area contributed by atoms with Crippen LogP contribution in [0, 0.1) is 0 Å². The molecule has 160 valence electrons. The molecule has 6 rings (SSSR count). The summed E-state index contributed by atoms with van der Waals surface area (Å²) in [7, 11) is 0. The molecule has 2 N–H and O–H groups in total. The van der Waals surface area contributed by atoms with Crippen molar-refractivity contribution in [3.05, 3.63) is 54.9 Å². The Kier molecular flexibility index (Phi) is 4.77. The molecule has 5 heterocycles. The van der Waals surface area contributed by atoms with Crippen LogP contribution in [-0.4, -0.2) is 61.3 Å². The molecule has 0 bridgehead atoms. The number of aromatic amines is 2. The number of ether oxygens (including phenoxy) is 1. The highest BCUT2D eigenvalue weighted by atomic mass is 16.5. The lowest BCUT2D eigenvalue weighted by Crippen LogP contribution is -2.25. The zero-order valence-electron chi connectivity index (χ0n) is 17.6. The summed E-state index contributed by atoms with van der Waals surface area (Å²) in [5, 5.41) is 7.52. The normalized spacial score (nSPS) is 14.5. The molecule has 0 unspecified atom stereocenters. The number of H-pyrrole nitrogens is 2. The van der Waals surface area contributed by atoms with E-state index in [4.69, 9.17) is 9.72 Å². The Hall–Kier alpha value is -3.78. The lowest BCUT2D eigenvalue weighted by Gasteiger charge is -2.15. The minimum Gasteiger partial charge on any atom is -0.491 e. The molecule has 0 aliphatic carbocycles. The summed E-state index contributed by atoms with van der Waals surface area (Å²) in [6, 6.07) is 13.9. The topological polar surface area (TPSA) is 95.6 Å². The van der Waals surface area contributed by atoms with Gasteiger partial charge in [-0.2, -0.15) is 5.10 Å². The van der Waals surface area contributed by atoms with Crippen LogP contribution < -0.4 is 4.74 Å². The van der Waals surface area contributed by atoms with Crippen molar-refractivity contribution in [1.82, 2.24) is 35.0 Å². The van der Waals surface area contributed by atoms with E-state index in [9.17, 15) is 0 Å². The molecule has 1 aromatic carbocycles. The summed E-state index contributed by atoms with van der Waals surface area (Å²) in [4.78, 5) is 19.7. The number of imidazole rings is 1. The molecule has 1 saturated heterocycles. The van der Waals surface area contributed by atoms with Gasteiger partial charge in [0.15, 0.2) is 11.5 Å². The quantitative estimate of drug-likeness (QED) is 0.426. The van der Waals surface area contributed by atoms with Crippen LogP contribution in [0.5, 0.6) is 5.75 Å². The van der Waals surface area contributed by atoms with E-state index in [2.05, 4.69) is 30.0 Å². The second kappa shape index (κ2) is 8.05. The highest BCUT2D eigenvalue weighted by Crippen LogP contribution is 2.28. The van der Waals surface area contributed by atoms with Crippen LogP contribution in [0.2, 0.25) is 0 Å². The lowest BCUT2D eigenvalue weighted by molar-refractivity contribution is 0.237. The van der Waals surface area contributed by atoms with Crippen molar-refractivity contribution in [2.45, 2.75) is 12.8 Å². The van der Waals surface area contributed by atoms with Crippen LogP contribution in [0.4, 0.5) is 0 Å². The summed E-state index contributed by atoms with van der Waals surface area (Å²) >= 11 is 0. The summed E-state index contributed by atoms with van der Waals surface area (Å²) < 4.78 is 5.96. The smallest absolute Gasteiger partial charge is 0.161 e. The van der Waals surface area contributed by atoms with Crippen molar-refractivity contribution in [3.8, 4) is 28.5 Å². The minimum atomic E-state index is 0.662. The molecule has 1 fully saturated rings. The third-order valence-electron chi connectivity index (χ3n) is 5.91. The van der Waals surface area contributed by atoms with Gasteiger partial charge >= 0.3 is 0 Å². The predicted octanol–water partition coefficient (Wildman–Crippen LogP) is 4.04. The first-order chi connectivity index (χ1) is 15.8. The number of likely N-dealkylation sites (tertiary alicyclic amines) is 1. The predicted molar refractivity (Wildman–Crippen MR) is 123 cm³/mol. The monoisotopic (exact) mass is 425 g/mol. The van der Waals surface area contributed by atoms with Gasteiger partial charge in [-0.15, -0.1) is 0 Å². The molecule has 0 radical (unpaired) electrons. The molecule has 4 aromatic heterocycles. The van der Waals surface area contributed by atoms with Crippen molar-refractivity contribution in [2.75, 3.05) is 26.2 Å². The van der Waals surface area contributed by atoms with E-state index in [0.29, 0.717) is 18.1 Å². The molecule has 0 atom stereocenters. The van der Waals surface area contributed by atoms with E-state index in [1.165, 1.54) is 25.9 Å². The van der Waals surface area contributed by atoms with E-state index in [1.54, 1.807) is 6.20 Å². The first-order valence-electron chi connectivity index (χ1n) is 10.9. The number of hydrogen-bond donors (Lipinski definition) is 2. The number of para-hydroxylation sites is 2. The van der Waals surface area contributed by atoms with Gasteiger partial charge < -0.3 is 9.72 Å². The van der Waals surface area contributed by atoms with E-state index in [-0.39, 0.29) is 0 Å². The number of aromatic nitrogens is 6. The van der Waals surface area contributed by atoms with Gasteiger partial charge in [0.05, 0.1) is 28.4 Å². The Balaban J connectivity index is 1.28. The van der Waals surface area contributed by atoms with Crippen LogP contribution >= 0.6 is 0 Å². The zero-order chi connectivity index (χ0) is 21.3. The molecule has 0 amide bonds. The fourth-order valence-corrected chi connectivity index (χ4v) is 4.23. The van der Waals surface area contributed by atoms with Crippen LogP contribution in [0.15, 0.2) is 54.9 Å². The maximum Gasteiger partial charge on any atom is 0.161 e. The lowest BCUT2D eigenvalue weighted by atomic mass is 10.1. The summed E-state index contributed by atoms with van der Waals surface area (Å²) in [5.74, 6) is 1.45. The van der Waals surface area contributed by atoms with Crippen molar-refractivity contribution in [1.29, 1.82) is 0 Å². The Bertz CT molecular complexity index is 1350. The van der Waals surface area contributed by atoms with Gasteiger partial charge in [-0.05, 0) is 56.3 Å². The second-order valence-corrected chi connectivity index (χ2v) is 8.07. The zero-order valence-corrected chi connectivity index (χ0v) is 17.6. The fourth-order valence-electron chi connectivity index (χ4n) is 4.23. The summed E-state index contributed by atoms with van der Waals surface area (Å²) in [5.41, 5.74) is 5.91. The Labute approximate surface area is 184 Å². The summed E-state index contributed by atoms with van der Waals surface area (Å²) in [6.45, 7) is 3.95. The molecule has 5 aromatic rings. The molecule has 1 aliphatic rings. The number of fused-ring (bicyclic) bond motifs is 2. The average molecular weight is 425 g/mol. The van der Waals surface area contributed by atoms with Gasteiger partial charge in [-0.1, -0.05) is 12.1 Å². The van der Waals surface area contributed by atoms with Crippen LogP contribution in [0.25, 0.3) is 44.8 Å². The molecule has 8 heteroatoms. The average Bonchev–Trinajstić information content (AvgIpc) is 3.58. The second-order valence-electron chi connectivity index (χ2n) is 8.07. The molecular formula is C24H23N7O. The van der Waals surface area contributed by atoms with Gasteiger partial charge in [-0.3, -0.25) is 15.0 Å². The van der Waals surface area contributed by atoms with Crippen LogP contribution in [0.1, 0.15) is 12.8 Å². The van der Waals surface area contributed by atoms with Crippen LogP contribution in [-0.2, 0) is 0 Å². The van der Waals surface area contributed by atoms with Crippen molar-refractivity contribution in [3.63, 3.8) is 0 Å². The maximum absolute atomic E-state index is 5.96. The highest BCUT2D eigenvalue weighted by Gasteiger charge is 2.15. The van der Waals surface area contributed by atoms with E-state index < -0.39 is 0 Å². The third-order valence-corrected chi connectivity index (χ3v) is 5.91. The number of hydrogen-bond acceptors (Lipinski definition) is 6. The molecule has 0 spiro atoms. The Morgan fingerprint density at radius 2 is 1.88 bits per heavy atom. The first kappa shape index (κ1) is 18.9. The van der Waals surface area contributed by atoms with E-state index >= 15 is 0 Å². The first-order valence-corrected chi connectivity index (χ1v) is 10.9. The van der Waals surface area contributed by atoms with Crippen molar-refractivity contribution in [2.24, 2.45) is 0 Å². The van der Waals surface area contributed by atoms with Gasteiger partial charge in [0.2, 0.25) is 0 Å². The molecular weight excluding hydrogens is 402 g/mol. The highest BCUT2D eigenvalue weighted by molar-refractivity contribution is 5.91. The fraction of sp³-hybridized carbons (Fsp3) is 0.250. The number of benzene rings is 1. The minimum absolute atomic E-state index is 0.662. The van der Waals surface area contributed by atoms with E-state index in [1.807, 2.05) is 48.7 Å². The third kappa shape index (κ3) is 3.58. The van der Waals surface area contributed by atoms with Gasteiger partial charge in [0.25, 0.3) is 0 Å². The van der Waals surface area contributed by atoms with Crippen LogP contribution in [0.3, 0.4) is 0 Å². The molecule has 32 heavy (non-hydrogen) atoms. The molecule has 8 nitrogen and oxygen atoms in total. The Morgan fingerprint density at radius 1 is 0.969 bits per heavy atom.